The van der Waals surface area contributed by atoms with Gasteiger partial charge in [-0.05, 0) is 43.2 Å². The number of methoxy groups -OCH3 is 1. The van der Waals surface area contributed by atoms with Gasteiger partial charge in [0.2, 0.25) is 5.91 Å². The summed E-state index contributed by atoms with van der Waals surface area (Å²) in [4.78, 5) is 38.6. The van der Waals surface area contributed by atoms with Gasteiger partial charge in [0.25, 0.3) is 5.91 Å². The molecule has 2 N–H and O–H groups in total. The van der Waals surface area contributed by atoms with Crippen molar-refractivity contribution < 1.29 is 19.1 Å². The number of nitrogens with zero attached hydrogens (tertiary/aromatic N) is 4. The van der Waals surface area contributed by atoms with Gasteiger partial charge in [-0.2, -0.15) is 0 Å². The molecule has 10 nitrogen and oxygen atoms in total. The molecule has 4 amide bonds. The standard InChI is InChI=1S/C22H24N6O4/c1-14(20-26-25-18-5-3-4-12-27(18)20)23-19(29)11-10-17-21(30)28(22(31)24-17)13-15-6-8-16(32-2)9-7-15/h3-9,12,14,17H,10-11,13H2,1-2H3,(H,23,29)(H,24,31)/t14-,17?/m0/s1. The summed E-state index contributed by atoms with van der Waals surface area (Å²) in [6, 6.07) is 11.2. The van der Waals surface area contributed by atoms with Gasteiger partial charge in [0.15, 0.2) is 11.5 Å². The van der Waals surface area contributed by atoms with Crippen molar-refractivity contribution >= 4 is 23.5 Å². The number of amides is 4. The summed E-state index contributed by atoms with van der Waals surface area (Å²) in [5, 5.41) is 13.8. The lowest BCUT2D eigenvalue weighted by molar-refractivity contribution is -0.128. The highest BCUT2D eigenvalue weighted by molar-refractivity contribution is 6.04. The molecule has 1 saturated heterocycles. The maximum atomic E-state index is 12.7. The normalized spacial score (nSPS) is 16.8. The van der Waals surface area contributed by atoms with Crippen LogP contribution in [-0.4, -0.2) is 50.5 Å². The van der Waals surface area contributed by atoms with Crippen LogP contribution < -0.4 is 15.4 Å². The van der Waals surface area contributed by atoms with Gasteiger partial charge < -0.3 is 15.4 Å². The van der Waals surface area contributed by atoms with Crippen LogP contribution >= 0.6 is 0 Å². The molecule has 1 aliphatic rings. The smallest absolute Gasteiger partial charge is 0.325 e. The number of imide groups is 1. The van der Waals surface area contributed by atoms with E-state index in [0.717, 1.165) is 10.5 Å². The summed E-state index contributed by atoms with van der Waals surface area (Å²) in [6.45, 7) is 1.98. The highest BCUT2D eigenvalue weighted by Crippen LogP contribution is 2.18. The van der Waals surface area contributed by atoms with E-state index in [1.54, 1.807) is 31.4 Å². The van der Waals surface area contributed by atoms with Gasteiger partial charge in [0, 0.05) is 12.6 Å². The molecule has 3 aromatic rings. The molecular formula is C22H24N6O4. The number of urea groups is 1. The lowest BCUT2D eigenvalue weighted by Crippen LogP contribution is -2.33. The van der Waals surface area contributed by atoms with Crippen LogP contribution in [0.5, 0.6) is 5.75 Å². The largest absolute Gasteiger partial charge is 0.497 e. The number of benzene rings is 1. The first-order valence-electron chi connectivity index (χ1n) is 10.3. The van der Waals surface area contributed by atoms with Crippen LogP contribution in [0.2, 0.25) is 0 Å². The van der Waals surface area contributed by atoms with Crippen LogP contribution in [0.4, 0.5) is 4.79 Å². The second kappa shape index (κ2) is 9.04. The Labute approximate surface area is 184 Å². The number of carbonyl (C=O) groups excluding carboxylic acids is 3. The molecule has 10 heteroatoms. The summed E-state index contributed by atoms with van der Waals surface area (Å²) in [6.07, 6.45) is 2.13. The van der Waals surface area contributed by atoms with Crippen LogP contribution in [0.3, 0.4) is 0 Å². The Morgan fingerprint density at radius 1 is 1.19 bits per heavy atom. The molecule has 32 heavy (non-hydrogen) atoms. The molecule has 0 aliphatic carbocycles. The van der Waals surface area contributed by atoms with Crippen molar-refractivity contribution in [1.29, 1.82) is 0 Å². The number of pyridine rings is 1. The first-order valence-corrected chi connectivity index (χ1v) is 10.3. The number of aromatic nitrogens is 3. The van der Waals surface area contributed by atoms with E-state index in [1.807, 2.05) is 35.7 Å². The highest BCUT2D eigenvalue weighted by Gasteiger charge is 2.37. The maximum Gasteiger partial charge on any atom is 0.325 e. The Balaban J connectivity index is 1.30. The van der Waals surface area contributed by atoms with E-state index in [2.05, 4.69) is 20.8 Å². The summed E-state index contributed by atoms with van der Waals surface area (Å²) < 4.78 is 6.93. The SMILES string of the molecule is COc1ccc(CN2C(=O)NC(CCC(=O)N[C@@H](C)c3nnc4ccccn34)C2=O)cc1. The third kappa shape index (κ3) is 4.39. The molecule has 0 bridgehead atoms. The quantitative estimate of drug-likeness (QED) is 0.520. The zero-order valence-electron chi connectivity index (χ0n) is 17.8. The van der Waals surface area contributed by atoms with Gasteiger partial charge in [-0.15, -0.1) is 10.2 Å². The van der Waals surface area contributed by atoms with Gasteiger partial charge in [-0.1, -0.05) is 18.2 Å². The minimum atomic E-state index is -0.726. The molecule has 1 fully saturated rings. The van der Waals surface area contributed by atoms with E-state index in [0.29, 0.717) is 17.2 Å². The van der Waals surface area contributed by atoms with Crippen molar-refractivity contribution in [3.8, 4) is 5.75 Å². The van der Waals surface area contributed by atoms with E-state index >= 15 is 0 Å². The van der Waals surface area contributed by atoms with E-state index in [1.165, 1.54) is 0 Å². The summed E-state index contributed by atoms with van der Waals surface area (Å²) in [7, 11) is 1.57. The van der Waals surface area contributed by atoms with Crippen molar-refractivity contribution in [3.63, 3.8) is 0 Å². The predicted molar refractivity (Wildman–Crippen MR) is 115 cm³/mol. The number of fused-ring (bicyclic) bond motifs is 1. The van der Waals surface area contributed by atoms with Crippen LogP contribution in [0.1, 0.15) is 37.2 Å². The fraction of sp³-hybridized carbons (Fsp3) is 0.318. The Bertz CT molecular complexity index is 1140. The van der Waals surface area contributed by atoms with Gasteiger partial charge in [-0.25, -0.2) is 4.79 Å². The number of nitrogens with one attached hydrogen (secondary N) is 2. The fourth-order valence-corrected chi connectivity index (χ4v) is 3.64. The summed E-state index contributed by atoms with van der Waals surface area (Å²) >= 11 is 0. The zero-order valence-corrected chi connectivity index (χ0v) is 17.8. The molecule has 1 aromatic carbocycles. The number of carbonyl (C=O) groups is 3. The molecule has 166 valence electrons. The number of hydrogen-bond acceptors (Lipinski definition) is 6. The third-order valence-corrected chi connectivity index (χ3v) is 5.37. The third-order valence-electron chi connectivity index (χ3n) is 5.37. The monoisotopic (exact) mass is 436 g/mol. The Hall–Kier alpha value is -3.95. The number of ether oxygens (including phenoxy) is 1. The van der Waals surface area contributed by atoms with Crippen molar-refractivity contribution in [2.24, 2.45) is 0 Å². The average molecular weight is 436 g/mol. The minimum Gasteiger partial charge on any atom is -0.497 e. The van der Waals surface area contributed by atoms with Crippen molar-refractivity contribution in [1.82, 2.24) is 30.1 Å². The van der Waals surface area contributed by atoms with Crippen LogP contribution in [0.15, 0.2) is 48.7 Å². The molecule has 0 spiro atoms. The molecular weight excluding hydrogens is 412 g/mol. The molecule has 0 saturated carbocycles. The fourth-order valence-electron chi connectivity index (χ4n) is 3.64. The van der Waals surface area contributed by atoms with E-state index in [-0.39, 0.29) is 37.2 Å². The average Bonchev–Trinajstić information content (AvgIpc) is 3.34. The topological polar surface area (TPSA) is 118 Å². The highest BCUT2D eigenvalue weighted by atomic mass is 16.5. The lowest BCUT2D eigenvalue weighted by atomic mass is 10.1. The summed E-state index contributed by atoms with van der Waals surface area (Å²) in [5.74, 6) is 0.740. The van der Waals surface area contributed by atoms with Crippen molar-refractivity contribution in [2.45, 2.75) is 38.4 Å². The van der Waals surface area contributed by atoms with Crippen LogP contribution in [-0.2, 0) is 16.1 Å². The molecule has 2 atom stereocenters. The first-order chi connectivity index (χ1) is 15.5. The zero-order chi connectivity index (χ0) is 22.7. The van der Waals surface area contributed by atoms with Crippen molar-refractivity contribution in [3.05, 3.63) is 60.0 Å². The Morgan fingerprint density at radius 3 is 2.72 bits per heavy atom. The summed E-state index contributed by atoms with van der Waals surface area (Å²) in [5.41, 5.74) is 1.50. The number of rotatable bonds is 8. The Morgan fingerprint density at radius 2 is 1.97 bits per heavy atom. The Kier molecular flexibility index (Phi) is 6.02. The van der Waals surface area contributed by atoms with Gasteiger partial charge >= 0.3 is 6.03 Å². The molecule has 3 heterocycles. The molecule has 0 radical (unpaired) electrons. The second-order valence-corrected chi connectivity index (χ2v) is 7.59. The van der Waals surface area contributed by atoms with Gasteiger partial charge in [0.05, 0.1) is 19.7 Å². The van der Waals surface area contributed by atoms with E-state index in [4.69, 9.17) is 4.74 Å². The minimum absolute atomic E-state index is 0.0914. The maximum absolute atomic E-state index is 12.7. The number of hydrogen-bond donors (Lipinski definition) is 2. The molecule has 1 aliphatic heterocycles. The molecule has 1 unspecified atom stereocenters. The second-order valence-electron chi connectivity index (χ2n) is 7.59. The lowest BCUT2D eigenvalue weighted by Gasteiger charge is -2.14. The van der Waals surface area contributed by atoms with Gasteiger partial charge in [0.1, 0.15) is 11.8 Å². The van der Waals surface area contributed by atoms with E-state index < -0.39 is 12.1 Å². The van der Waals surface area contributed by atoms with Gasteiger partial charge in [-0.3, -0.25) is 18.9 Å². The first kappa shape index (κ1) is 21.3. The van der Waals surface area contributed by atoms with Crippen LogP contribution in [0.25, 0.3) is 5.65 Å². The van der Waals surface area contributed by atoms with Crippen LogP contribution in [0, 0.1) is 0 Å². The predicted octanol–water partition coefficient (Wildman–Crippen LogP) is 1.82. The van der Waals surface area contributed by atoms with E-state index in [9.17, 15) is 14.4 Å². The van der Waals surface area contributed by atoms with Crippen molar-refractivity contribution in [2.75, 3.05) is 7.11 Å². The molecule has 4 rings (SSSR count). The molecule has 2 aromatic heterocycles.